The molecule has 0 atom stereocenters. The van der Waals surface area contributed by atoms with Crippen molar-refractivity contribution in [3.63, 3.8) is 0 Å². The van der Waals surface area contributed by atoms with Crippen LogP contribution in [0.3, 0.4) is 0 Å². The zero-order valence-corrected chi connectivity index (χ0v) is 12.8. The van der Waals surface area contributed by atoms with E-state index >= 15 is 0 Å². The van der Waals surface area contributed by atoms with Crippen LogP contribution < -0.4 is 10.6 Å². The lowest BCUT2D eigenvalue weighted by molar-refractivity contribution is -0.180. The molecule has 0 unspecified atom stereocenters. The Morgan fingerprint density at radius 1 is 1.16 bits per heavy atom. The fourth-order valence-corrected chi connectivity index (χ4v) is 2.80. The molecule has 1 aliphatic rings. The first-order valence-corrected chi connectivity index (χ1v) is 7.54. The number of anilines is 2. The minimum absolute atomic E-state index is 0.0886. The average molecular weight is 351 g/mol. The van der Waals surface area contributed by atoms with Crippen LogP contribution in [0.1, 0.15) is 0 Å². The number of halogens is 4. The summed E-state index contributed by atoms with van der Waals surface area (Å²) in [6, 6.07) is 5.83. The van der Waals surface area contributed by atoms with Crippen molar-refractivity contribution in [2.75, 3.05) is 23.7 Å². The maximum atomic E-state index is 14.0. The summed E-state index contributed by atoms with van der Waals surface area (Å²) in [4.78, 5) is 5.76. The zero-order chi connectivity index (χ0) is 17.8. The highest BCUT2D eigenvalue weighted by atomic mass is 19.4. The number of nitrogens with zero attached hydrogens (tertiary/aromatic N) is 4. The van der Waals surface area contributed by atoms with E-state index in [1.54, 1.807) is 17.2 Å². The third kappa shape index (κ3) is 2.75. The predicted octanol–water partition coefficient (Wildman–Crippen LogP) is 3.14. The number of fused-ring (bicyclic) bond motifs is 1. The number of hydrogen-bond donors (Lipinski definition) is 1. The second-order valence-electron chi connectivity index (χ2n) is 6.03. The van der Waals surface area contributed by atoms with E-state index in [4.69, 9.17) is 5.73 Å². The molecule has 1 fully saturated rings. The standard InChI is InChI=1S/C16H13F4N5/c17-13-2-1-11(21)4-14(13)25-6-9-3-12(5-22-15(9)23-25)24-7-10(8-24)16(18,19)20/h1-6,10H,7-8,21H2. The third-order valence-electron chi connectivity index (χ3n) is 4.27. The smallest absolute Gasteiger partial charge is 0.395 e. The highest BCUT2D eigenvalue weighted by Crippen LogP contribution is 2.36. The average Bonchev–Trinajstić information content (AvgIpc) is 2.89. The molecular formula is C16H13F4N5. The molecule has 0 saturated carbocycles. The Balaban J connectivity index is 1.63. The van der Waals surface area contributed by atoms with Crippen LogP contribution >= 0.6 is 0 Å². The van der Waals surface area contributed by atoms with Crippen molar-refractivity contribution in [2.24, 2.45) is 5.92 Å². The lowest BCUT2D eigenvalue weighted by atomic mass is 9.99. The highest BCUT2D eigenvalue weighted by molar-refractivity contribution is 5.79. The van der Waals surface area contributed by atoms with Crippen LogP contribution in [0.2, 0.25) is 0 Å². The molecule has 0 amide bonds. The summed E-state index contributed by atoms with van der Waals surface area (Å²) in [5.74, 6) is -1.80. The van der Waals surface area contributed by atoms with Crippen LogP contribution in [0.15, 0.2) is 36.7 Å². The summed E-state index contributed by atoms with van der Waals surface area (Å²) in [5.41, 5.74) is 7.21. The van der Waals surface area contributed by atoms with Crippen molar-refractivity contribution in [3.8, 4) is 5.69 Å². The molecule has 3 heterocycles. The Hall–Kier alpha value is -2.84. The molecule has 130 valence electrons. The molecule has 1 aromatic carbocycles. The number of aromatic nitrogens is 3. The van der Waals surface area contributed by atoms with Gasteiger partial charge in [-0.05, 0) is 24.3 Å². The van der Waals surface area contributed by atoms with Gasteiger partial charge in [0.05, 0.1) is 17.8 Å². The van der Waals surface area contributed by atoms with Crippen LogP contribution in [0, 0.1) is 11.7 Å². The minimum atomic E-state index is -4.18. The summed E-state index contributed by atoms with van der Waals surface area (Å²) >= 11 is 0. The van der Waals surface area contributed by atoms with Gasteiger partial charge >= 0.3 is 6.18 Å². The van der Waals surface area contributed by atoms with Gasteiger partial charge in [-0.3, -0.25) is 0 Å². The number of alkyl halides is 3. The van der Waals surface area contributed by atoms with Crippen molar-refractivity contribution in [1.29, 1.82) is 0 Å². The minimum Gasteiger partial charge on any atom is -0.399 e. The highest BCUT2D eigenvalue weighted by Gasteiger charge is 2.47. The van der Waals surface area contributed by atoms with Gasteiger partial charge in [-0.2, -0.15) is 13.2 Å². The summed E-state index contributed by atoms with van der Waals surface area (Å²) in [6.45, 7) is -0.177. The molecule has 5 nitrogen and oxygen atoms in total. The SMILES string of the molecule is Nc1ccc(F)c(-n2cc3cc(N4CC(C(F)(F)F)C4)cnc3n2)c1. The number of nitrogen functional groups attached to an aromatic ring is 1. The number of pyridine rings is 1. The summed E-state index contributed by atoms with van der Waals surface area (Å²) < 4.78 is 53.1. The van der Waals surface area contributed by atoms with E-state index in [1.165, 1.54) is 29.1 Å². The molecule has 2 aromatic heterocycles. The fraction of sp³-hybridized carbons (Fsp3) is 0.250. The first-order valence-electron chi connectivity index (χ1n) is 7.54. The molecular weight excluding hydrogens is 338 g/mol. The molecule has 1 saturated heterocycles. The van der Waals surface area contributed by atoms with Crippen molar-refractivity contribution < 1.29 is 17.6 Å². The Bertz CT molecular complexity index is 943. The molecule has 0 bridgehead atoms. The van der Waals surface area contributed by atoms with Crippen molar-refractivity contribution >= 4 is 22.4 Å². The first kappa shape index (κ1) is 15.7. The number of nitrogens with two attached hydrogens (primary N) is 1. The molecule has 0 aliphatic carbocycles. The van der Waals surface area contributed by atoms with E-state index in [0.717, 1.165) is 0 Å². The fourth-order valence-electron chi connectivity index (χ4n) is 2.80. The number of rotatable bonds is 2. The van der Waals surface area contributed by atoms with Gasteiger partial charge in [-0.1, -0.05) is 0 Å². The molecule has 25 heavy (non-hydrogen) atoms. The second-order valence-corrected chi connectivity index (χ2v) is 6.03. The monoisotopic (exact) mass is 351 g/mol. The van der Waals surface area contributed by atoms with Gasteiger partial charge in [-0.15, -0.1) is 5.10 Å². The lowest BCUT2D eigenvalue weighted by Crippen LogP contribution is -2.53. The quantitative estimate of drug-likeness (QED) is 0.569. The summed E-state index contributed by atoms with van der Waals surface area (Å²) in [7, 11) is 0. The van der Waals surface area contributed by atoms with E-state index in [9.17, 15) is 17.6 Å². The molecule has 1 aliphatic heterocycles. The molecule has 9 heteroatoms. The van der Waals surface area contributed by atoms with Crippen molar-refractivity contribution in [1.82, 2.24) is 14.8 Å². The summed E-state index contributed by atoms with van der Waals surface area (Å²) in [5, 5.41) is 4.80. The number of benzene rings is 1. The Morgan fingerprint density at radius 3 is 2.64 bits per heavy atom. The van der Waals surface area contributed by atoms with E-state index in [2.05, 4.69) is 10.1 Å². The molecule has 3 aromatic rings. The van der Waals surface area contributed by atoms with E-state index in [1.807, 2.05) is 0 Å². The normalized spacial score (nSPS) is 15.6. The second kappa shape index (κ2) is 5.33. The molecule has 0 spiro atoms. The van der Waals surface area contributed by atoms with Gasteiger partial charge in [0.15, 0.2) is 5.65 Å². The maximum Gasteiger partial charge on any atom is 0.395 e. The summed E-state index contributed by atoms with van der Waals surface area (Å²) in [6.07, 6.45) is -1.13. The van der Waals surface area contributed by atoms with E-state index in [0.29, 0.717) is 22.4 Å². The van der Waals surface area contributed by atoms with Crippen LogP contribution in [-0.2, 0) is 0 Å². The van der Waals surface area contributed by atoms with Gasteiger partial charge in [0, 0.05) is 30.4 Å². The third-order valence-corrected chi connectivity index (χ3v) is 4.27. The molecule has 2 N–H and O–H groups in total. The number of hydrogen-bond acceptors (Lipinski definition) is 4. The maximum absolute atomic E-state index is 14.0. The Morgan fingerprint density at radius 2 is 1.92 bits per heavy atom. The van der Waals surface area contributed by atoms with Gasteiger partial charge in [-0.25, -0.2) is 14.1 Å². The lowest BCUT2D eigenvalue weighted by Gasteiger charge is -2.41. The zero-order valence-electron chi connectivity index (χ0n) is 12.8. The van der Waals surface area contributed by atoms with Gasteiger partial charge in [0.1, 0.15) is 11.5 Å². The predicted molar refractivity (Wildman–Crippen MR) is 85.0 cm³/mol. The topological polar surface area (TPSA) is 60.0 Å². The van der Waals surface area contributed by atoms with Gasteiger partial charge < -0.3 is 10.6 Å². The van der Waals surface area contributed by atoms with Crippen LogP contribution in [-0.4, -0.2) is 34.0 Å². The van der Waals surface area contributed by atoms with E-state index < -0.39 is 17.9 Å². The van der Waals surface area contributed by atoms with Crippen molar-refractivity contribution in [3.05, 3.63) is 42.5 Å². The van der Waals surface area contributed by atoms with Crippen molar-refractivity contribution in [2.45, 2.75) is 6.18 Å². The van der Waals surface area contributed by atoms with Gasteiger partial charge in [0.25, 0.3) is 0 Å². The van der Waals surface area contributed by atoms with Crippen LogP contribution in [0.25, 0.3) is 16.7 Å². The van der Waals surface area contributed by atoms with Gasteiger partial charge in [0.2, 0.25) is 0 Å². The van der Waals surface area contributed by atoms with E-state index in [-0.39, 0.29) is 18.8 Å². The molecule has 4 rings (SSSR count). The first-order chi connectivity index (χ1) is 11.8. The van der Waals surface area contributed by atoms with Crippen LogP contribution in [0.4, 0.5) is 28.9 Å². The van der Waals surface area contributed by atoms with Crippen LogP contribution in [0.5, 0.6) is 0 Å². The molecule has 0 radical (unpaired) electrons. The Labute approximate surface area is 139 Å². The Kier molecular flexibility index (Phi) is 3.34. The largest absolute Gasteiger partial charge is 0.399 e.